The molecule has 0 saturated carbocycles. The summed E-state index contributed by atoms with van der Waals surface area (Å²) in [6, 6.07) is 5.87. The molecule has 1 rings (SSSR count). The van der Waals surface area contributed by atoms with Crippen molar-refractivity contribution >= 4 is 64.2 Å². The van der Waals surface area contributed by atoms with Gasteiger partial charge in [0.2, 0.25) is 10.2 Å². The van der Waals surface area contributed by atoms with E-state index in [2.05, 4.69) is 16.0 Å². The zero-order valence-electron chi connectivity index (χ0n) is 10.8. The van der Waals surface area contributed by atoms with Crippen molar-refractivity contribution in [2.24, 2.45) is 0 Å². The van der Waals surface area contributed by atoms with E-state index >= 15 is 0 Å². The summed E-state index contributed by atoms with van der Waals surface area (Å²) in [4.78, 5) is 10.5. The molecule has 4 nitrogen and oxygen atoms in total. The summed E-state index contributed by atoms with van der Waals surface area (Å²) >= 11 is 22.3. The predicted molar refractivity (Wildman–Crippen MR) is 88.6 cm³/mol. The third-order valence-electron chi connectivity index (χ3n) is 2.47. The van der Waals surface area contributed by atoms with Crippen LogP contribution in [0.4, 0.5) is 5.69 Å². The quantitative estimate of drug-likeness (QED) is 0.337. The number of amides is 1. The van der Waals surface area contributed by atoms with Crippen LogP contribution in [0.1, 0.15) is 11.1 Å². The van der Waals surface area contributed by atoms with Crippen LogP contribution in [0.3, 0.4) is 0 Å². The first-order chi connectivity index (χ1) is 9.24. The number of thiocarbonyl (C=S) groups is 1. The van der Waals surface area contributed by atoms with E-state index in [1.807, 2.05) is 32.0 Å². The van der Waals surface area contributed by atoms with Crippen molar-refractivity contribution in [2.75, 3.05) is 5.32 Å². The Morgan fingerprint density at radius 3 is 2.50 bits per heavy atom. The zero-order chi connectivity index (χ0) is 15.3. The molecule has 0 saturated heterocycles. The van der Waals surface area contributed by atoms with Gasteiger partial charge in [-0.2, -0.15) is 0 Å². The number of hydrogen-bond acceptors (Lipinski definition) is 2. The van der Waals surface area contributed by atoms with Gasteiger partial charge in [-0.1, -0.05) is 52.5 Å². The molecule has 0 radical (unpaired) electrons. The molecule has 8 heteroatoms. The SMILES string of the molecule is Cc1ccc(NC(=S)NC(NC=O)C(Cl)(Cl)Cl)c(C)c1. The van der Waals surface area contributed by atoms with Crippen LogP contribution in [0.15, 0.2) is 18.2 Å². The summed E-state index contributed by atoms with van der Waals surface area (Å²) in [6.07, 6.45) is -0.505. The highest BCUT2D eigenvalue weighted by Crippen LogP contribution is 2.29. The first kappa shape index (κ1) is 17.3. The van der Waals surface area contributed by atoms with Gasteiger partial charge in [0, 0.05) is 5.69 Å². The molecule has 1 amide bonds. The maximum atomic E-state index is 10.5. The van der Waals surface area contributed by atoms with E-state index in [4.69, 9.17) is 47.0 Å². The van der Waals surface area contributed by atoms with Gasteiger partial charge in [0.05, 0.1) is 0 Å². The van der Waals surface area contributed by atoms with Crippen LogP contribution in [0.5, 0.6) is 0 Å². The van der Waals surface area contributed by atoms with E-state index in [0.29, 0.717) is 6.41 Å². The zero-order valence-corrected chi connectivity index (χ0v) is 13.9. The van der Waals surface area contributed by atoms with Crippen molar-refractivity contribution < 1.29 is 4.79 Å². The van der Waals surface area contributed by atoms with Crippen LogP contribution < -0.4 is 16.0 Å². The summed E-state index contributed by atoms with van der Waals surface area (Å²) < 4.78 is -1.73. The Morgan fingerprint density at radius 1 is 1.35 bits per heavy atom. The fourth-order valence-corrected chi connectivity index (χ4v) is 2.11. The molecule has 1 unspecified atom stereocenters. The van der Waals surface area contributed by atoms with Gasteiger partial charge in [0.1, 0.15) is 6.17 Å². The molecule has 0 fully saturated rings. The number of aryl methyl sites for hydroxylation is 2. The van der Waals surface area contributed by atoms with Crippen molar-refractivity contribution in [1.29, 1.82) is 0 Å². The predicted octanol–water partition coefficient (Wildman–Crippen LogP) is 3.03. The van der Waals surface area contributed by atoms with Gasteiger partial charge in [0.25, 0.3) is 0 Å². The second-order valence-electron chi connectivity index (χ2n) is 4.18. The highest BCUT2D eigenvalue weighted by molar-refractivity contribution is 7.80. The Bertz CT molecular complexity index is 505. The molecule has 0 aliphatic rings. The molecule has 1 aromatic rings. The summed E-state index contributed by atoms with van der Waals surface area (Å²) in [7, 11) is 0. The molecule has 0 aliphatic heterocycles. The molecular formula is C12H14Cl3N3OS. The average Bonchev–Trinajstić information content (AvgIpc) is 2.31. The standard InChI is InChI=1S/C12H14Cl3N3OS/c1-7-3-4-9(8(2)5-7)17-11(20)18-10(16-6-19)12(13,14)15/h3-6,10H,1-2H3,(H,16,19)(H2,17,18,20). The molecule has 1 aromatic carbocycles. The first-order valence-electron chi connectivity index (χ1n) is 5.65. The van der Waals surface area contributed by atoms with Crippen LogP contribution in [-0.2, 0) is 4.79 Å². The Labute approximate surface area is 138 Å². The minimum absolute atomic E-state index is 0.239. The molecule has 0 spiro atoms. The van der Waals surface area contributed by atoms with Crippen LogP contribution >= 0.6 is 47.0 Å². The van der Waals surface area contributed by atoms with Crippen LogP contribution in [0.2, 0.25) is 0 Å². The van der Waals surface area contributed by atoms with Crippen molar-refractivity contribution in [3.05, 3.63) is 29.3 Å². The van der Waals surface area contributed by atoms with Gasteiger partial charge < -0.3 is 16.0 Å². The number of hydrogen-bond donors (Lipinski definition) is 3. The Morgan fingerprint density at radius 2 is 2.00 bits per heavy atom. The fraction of sp³-hybridized carbons (Fsp3) is 0.333. The molecule has 0 bridgehead atoms. The highest BCUT2D eigenvalue weighted by Gasteiger charge is 2.32. The Hall–Kier alpha value is -0.750. The Balaban J connectivity index is 2.73. The van der Waals surface area contributed by atoms with E-state index in [9.17, 15) is 4.79 Å². The normalized spacial score (nSPS) is 12.4. The summed E-state index contributed by atoms with van der Waals surface area (Å²) in [5.74, 6) is 0. The van der Waals surface area contributed by atoms with Gasteiger partial charge in [0.15, 0.2) is 5.11 Å². The van der Waals surface area contributed by atoms with Crippen molar-refractivity contribution in [3.8, 4) is 0 Å². The van der Waals surface area contributed by atoms with E-state index in [1.54, 1.807) is 0 Å². The molecule has 1 atom stereocenters. The number of nitrogens with one attached hydrogen (secondary N) is 3. The number of benzene rings is 1. The van der Waals surface area contributed by atoms with Gasteiger partial charge in [-0.3, -0.25) is 4.79 Å². The topological polar surface area (TPSA) is 53.2 Å². The number of alkyl halides is 3. The fourth-order valence-electron chi connectivity index (χ4n) is 1.53. The van der Waals surface area contributed by atoms with Crippen LogP contribution in [0, 0.1) is 13.8 Å². The lowest BCUT2D eigenvalue weighted by atomic mass is 10.1. The molecule has 20 heavy (non-hydrogen) atoms. The Kier molecular flexibility index (Phi) is 6.33. The summed E-state index contributed by atoms with van der Waals surface area (Å²) in [5, 5.41) is 8.30. The number of rotatable bonds is 4. The van der Waals surface area contributed by atoms with Crippen molar-refractivity contribution in [2.45, 2.75) is 23.8 Å². The molecule has 0 aromatic heterocycles. The monoisotopic (exact) mass is 353 g/mol. The minimum atomic E-state index is -1.73. The van der Waals surface area contributed by atoms with Crippen molar-refractivity contribution in [3.63, 3.8) is 0 Å². The number of carbonyl (C=O) groups is 1. The smallest absolute Gasteiger partial charge is 0.228 e. The molecular weight excluding hydrogens is 341 g/mol. The average molecular weight is 355 g/mol. The lowest BCUT2D eigenvalue weighted by molar-refractivity contribution is -0.110. The highest BCUT2D eigenvalue weighted by atomic mass is 35.6. The number of halogens is 3. The van der Waals surface area contributed by atoms with Crippen molar-refractivity contribution in [1.82, 2.24) is 10.6 Å². The molecule has 0 aliphatic carbocycles. The van der Waals surface area contributed by atoms with Gasteiger partial charge >= 0.3 is 0 Å². The molecule has 110 valence electrons. The lowest BCUT2D eigenvalue weighted by Crippen LogP contribution is -2.54. The second kappa shape index (κ2) is 7.31. The van der Waals surface area contributed by atoms with Crippen LogP contribution in [-0.4, -0.2) is 21.5 Å². The number of anilines is 1. The third kappa shape index (κ3) is 5.32. The number of carbonyl (C=O) groups excluding carboxylic acids is 1. The lowest BCUT2D eigenvalue weighted by Gasteiger charge is -2.26. The van der Waals surface area contributed by atoms with E-state index < -0.39 is 9.96 Å². The summed E-state index contributed by atoms with van der Waals surface area (Å²) in [6.45, 7) is 3.95. The van der Waals surface area contributed by atoms with Crippen LogP contribution in [0.25, 0.3) is 0 Å². The van der Waals surface area contributed by atoms with Gasteiger partial charge in [-0.25, -0.2) is 0 Å². The van der Waals surface area contributed by atoms with E-state index in [0.717, 1.165) is 16.8 Å². The molecule has 3 N–H and O–H groups in total. The van der Waals surface area contributed by atoms with Gasteiger partial charge in [-0.15, -0.1) is 0 Å². The van der Waals surface area contributed by atoms with E-state index in [1.165, 1.54) is 0 Å². The maximum absolute atomic E-state index is 10.5. The molecule has 0 heterocycles. The summed E-state index contributed by atoms with van der Waals surface area (Å²) in [5.41, 5.74) is 3.01. The first-order valence-corrected chi connectivity index (χ1v) is 7.19. The largest absolute Gasteiger partial charge is 0.339 e. The third-order valence-corrected chi connectivity index (χ3v) is 3.34. The van der Waals surface area contributed by atoms with E-state index in [-0.39, 0.29) is 5.11 Å². The van der Waals surface area contributed by atoms with Gasteiger partial charge in [-0.05, 0) is 37.7 Å². The minimum Gasteiger partial charge on any atom is -0.339 e. The maximum Gasteiger partial charge on any atom is 0.228 e. The second-order valence-corrected chi connectivity index (χ2v) is 6.95.